The Morgan fingerprint density at radius 2 is 1.64 bits per heavy atom. The van der Waals surface area contributed by atoms with Crippen molar-refractivity contribution in [3.8, 4) is 11.8 Å². The molecule has 1 N–H and O–H groups in total. The molecule has 2 aromatic carbocycles. The number of amides is 1. The van der Waals surface area contributed by atoms with Crippen LogP contribution in [0.2, 0.25) is 0 Å². The van der Waals surface area contributed by atoms with Gasteiger partial charge in [-0.1, -0.05) is 48.5 Å². The smallest absolute Gasteiger partial charge is 0.239 e. The zero-order valence-electron chi connectivity index (χ0n) is 21.5. The first-order chi connectivity index (χ1) is 17.3. The SMILES string of the molecule is Cc1nn(-c2ccccc2)c(C)c1CN(C)CC(=O)Nc1c(C#N)c(C)c(C)n1Cc1ccccc1. The molecule has 7 heteroatoms. The van der Waals surface area contributed by atoms with Crippen molar-refractivity contribution in [2.45, 2.75) is 40.8 Å². The van der Waals surface area contributed by atoms with Crippen LogP contribution in [0.15, 0.2) is 60.7 Å². The van der Waals surface area contributed by atoms with Crippen molar-refractivity contribution in [3.63, 3.8) is 0 Å². The van der Waals surface area contributed by atoms with Crippen molar-refractivity contribution in [1.29, 1.82) is 5.26 Å². The maximum Gasteiger partial charge on any atom is 0.239 e. The Balaban J connectivity index is 1.50. The van der Waals surface area contributed by atoms with Gasteiger partial charge < -0.3 is 9.88 Å². The highest BCUT2D eigenvalue weighted by atomic mass is 16.2. The number of aromatic nitrogens is 3. The molecular weight excluding hydrogens is 448 g/mol. The molecule has 0 atom stereocenters. The normalized spacial score (nSPS) is 11.0. The third-order valence-corrected chi connectivity index (χ3v) is 6.67. The molecule has 2 aromatic heterocycles. The van der Waals surface area contributed by atoms with Crippen LogP contribution in [0, 0.1) is 39.0 Å². The van der Waals surface area contributed by atoms with Crippen LogP contribution in [0.3, 0.4) is 0 Å². The van der Waals surface area contributed by atoms with E-state index in [0.717, 1.165) is 39.5 Å². The van der Waals surface area contributed by atoms with E-state index >= 15 is 0 Å². The highest BCUT2D eigenvalue weighted by molar-refractivity contribution is 5.93. The highest BCUT2D eigenvalue weighted by Gasteiger charge is 2.21. The Labute approximate surface area is 212 Å². The number of anilines is 1. The van der Waals surface area contributed by atoms with Gasteiger partial charge in [-0.05, 0) is 58.0 Å². The summed E-state index contributed by atoms with van der Waals surface area (Å²) < 4.78 is 3.96. The molecule has 0 saturated heterocycles. The number of carbonyl (C=O) groups is 1. The van der Waals surface area contributed by atoms with E-state index in [9.17, 15) is 10.1 Å². The number of benzene rings is 2. The molecule has 0 bridgehead atoms. The second-order valence-electron chi connectivity index (χ2n) is 9.23. The van der Waals surface area contributed by atoms with Crippen LogP contribution in [0.4, 0.5) is 5.82 Å². The fraction of sp³-hybridized carbons (Fsp3) is 0.276. The minimum atomic E-state index is -0.161. The van der Waals surface area contributed by atoms with E-state index in [1.807, 2.05) is 103 Å². The summed E-state index contributed by atoms with van der Waals surface area (Å²) in [6.45, 7) is 9.32. The van der Waals surface area contributed by atoms with E-state index in [1.165, 1.54) is 0 Å². The van der Waals surface area contributed by atoms with Gasteiger partial charge in [0.25, 0.3) is 0 Å². The summed E-state index contributed by atoms with van der Waals surface area (Å²) in [6.07, 6.45) is 0. The van der Waals surface area contributed by atoms with Crippen molar-refractivity contribution in [2.75, 3.05) is 18.9 Å². The standard InChI is InChI=1S/C29H32N6O/c1-20-22(3)34(17-24-12-8-6-9-13-24)29(26(20)16-30)31-28(36)19-33(5)18-27-21(2)32-35(23(27)4)25-14-10-7-11-15-25/h6-15H,17-19H2,1-5H3,(H,31,36). The van der Waals surface area contributed by atoms with Gasteiger partial charge in [-0.15, -0.1) is 0 Å². The number of carbonyl (C=O) groups excluding carboxylic acids is 1. The molecular formula is C29H32N6O. The number of nitriles is 1. The molecule has 4 aromatic rings. The van der Waals surface area contributed by atoms with E-state index in [1.54, 1.807) is 0 Å². The molecule has 2 heterocycles. The van der Waals surface area contributed by atoms with Crippen LogP contribution in [0.1, 0.15) is 39.3 Å². The quantitative estimate of drug-likeness (QED) is 0.389. The molecule has 0 aliphatic carbocycles. The first kappa shape index (κ1) is 25.0. The maximum absolute atomic E-state index is 13.1. The predicted octanol–water partition coefficient (Wildman–Crippen LogP) is 4.90. The summed E-state index contributed by atoms with van der Waals surface area (Å²) in [5, 5.41) is 17.6. The van der Waals surface area contributed by atoms with Gasteiger partial charge in [-0.3, -0.25) is 9.69 Å². The Bertz CT molecular complexity index is 1410. The van der Waals surface area contributed by atoms with Gasteiger partial charge in [-0.25, -0.2) is 4.68 Å². The Kier molecular flexibility index (Phi) is 7.37. The summed E-state index contributed by atoms with van der Waals surface area (Å²) in [5.74, 6) is 0.394. The Hall–Kier alpha value is -4.15. The number of hydrogen-bond donors (Lipinski definition) is 1. The zero-order valence-corrected chi connectivity index (χ0v) is 21.5. The monoisotopic (exact) mass is 480 g/mol. The molecule has 0 saturated carbocycles. The van der Waals surface area contributed by atoms with Crippen LogP contribution < -0.4 is 5.32 Å². The lowest BCUT2D eigenvalue weighted by Crippen LogP contribution is -2.31. The van der Waals surface area contributed by atoms with Crippen LogP contribution in [0.25, 0.3) is 5.69 Å². The minimum Gasteiger partial charge on any atom is -0.326 e. The summed E-state index contributed by atoms with van der Waals surface area (Å²) >= 11 is 0. The molecule has 0 unspecified atom stereocenters. The fourth-order valence-electron chi connectivity index (χ4n) is 4.56. The Morgan fingerprint density at radius 3 is 2.28 bits per heavy atom. The van der Waals surface area contributed by atoms with E-state index in [2.05, 4.69) is 18.3 Å². The zero-order chi connectivity index (χ0) is 25.8. The first-order valence-corrected chi connectivity index (χ1v) is 12.0. The third kappa shape index (κ3) is 5.09. The number of rotatable bonds is 8. The van der Waals surface area contributed by atoms with E-state index in [4.69, 9.17) is 5.10 Å². The minimum absolute atomic E-state index is 0.161. The fourth-order valence-corrected chi connectivity index (χ4v) is 4.56. The summed E-state index contributed by atoms with van der Waals surface area (Å²) in [4.78, 5) is 15.1. The molecule has 1 amide bonds. The van der Waals surface area contributed by atoms with E-state index in [0.29, 0.717) is 24.5 Å². The average molecular weight is 481 g/mol. The number of nitrogens with one attached hydrogen (secondary N) is 1. The van der Waals surface area contributed by atoms with Crippen molar-refractivity contribution in [2.24, 2.45) is 0 Å². The molecule has 0 aliphatic rings. The second-order valence-corrected chi connectivity index (χ2v) is 9.23. The van der Waals surface area contributed by atoms with Gasteiger partial charge in [0.2, 0.25) is 5.91 Å². The summed E-state index contributed by atoms with van der Waals surface area (Å²) in [5.41, 5.74) is 7.59. The lowest BCUT2D eigenvalue weighted by atomic mass is 10.2. The largest absolute Gasteiger partial charge is 0.326 e. The van der Waals surface area contributed by atoms with Crippen molar-refractivity contribution in [1.82, 2.24) is 19.2 Å². The van der Waals surface area contributed by atoms with Crippen molar-refractivity contribution in [3.05, 3.63) is 100.0 Å². The highest BCUT2D eigenvalue weighted by Crippen LogP contribution is 2.27. The molecule has 0 aliphatic heterocycles. The van der Waals surface area contributed by atoms with E-state index < -0.39 is 0 Å². The van der Waals surface area contributed by atoms with Crippen LogP contribution in [-0.4, -0.2) is 38.7 Å². The van der Waals surface area contributed by atoms with Gasteiger partial charge in [0.1, 0.15) is 11.9 Å². The molecule has 0 radical (unpaired) electrons. The van der Waals surface area contributed by atoms with E-state index in [-0.39, 0.29) is 12.5 Å². The number of hydrogen-bond acceptors (Lipinski definition) is 4. The van der Waals surface area contributed by atoms with Crippen LogP contribution in [0.5, 0.6) is 0 Å². The van der Waals surface area contributed by atoms with Gasteiger partial charge >= 0.3 is 0 Å². The molecule has 4 rings (SSSR count). The van der Waals surface area contributed by atoms with Crippen LogP contribution in [-0.2, 0) is 17.9 Å². The molecule has 7 nitrogen and oxygen atoms in total. The third-order valence-electron chi connectivity index (χ3n) is 6.67. The molecule has 36 heavy (non-hydrogen) atoms. The van der Waals surface area contributed by atoms with Crippen molar-refractivity contribution >= 4 is 11.7 Å². The number of para-hydroxylation sites is 1. The first-order valence-electron chi connectivity index (χ1n) is 12.0. The average Bonchev–Trinajstić information content (AvgIpc) is 3.27. The summed E-state index contributed by atoms with van der Waals surface area (Å²) in [6, 6.07) is 22.4. The van der Waals surface area contributed by atoms with Gasteiger partial charge in [0.05, 0.1) is 23.5 Å². The van der Waals surface area contributed by atoms with Gasteiger partial charge in [-0.2, -0.15) is 10.4 Å². The van der Waals surface area contributed by atoms with Gasteiger partial charge in [0, 0.05) is 30.0 Å². The summed E-state index contributed by atoms with van der Waals surface area (Å²) in [7, 11) is 1.92. The number of aryl methyl sites for hydroxylation is 1. The lowest BCUT2D eigenvalue weighted by Gasteiger charge is -2.18. The second kappa shape index (κ2) is 10.6. The molecule has 0 fully saturated rings. The molecule has 184 valence electrons. The number of likely N-dealkylation sites (N-methyl/N-ethyl adjacent to an activating group) is 1. The lowest BCUT2D eigenvalue weighted by molar-refractivity contribution is -0.117. The Morgan fingerprint density at radius 1 is 1.00 bits per heavy atom. The van der Waals surface area contributed by atoms with Crippen molar-refractivity contribution < 1.29 is 4.79 Å². The van der Waals surface area contributed by atoms with Gasteiger partial charge in [0.15, 0.2) is 0 Å². The topological polar surface area (TPSA) is 78.9 Å². The van der Waals surface area contributed by atoms with Crippen LogP contribution >= 0.6 is 0 Å². The number of nitrogens with zero attached hydrogens (tertiary/aromatic N) is 5. The maximum atomic E-state index is 13.1. The predicted molar refractivity (Wildman–Crippen MR) is 142 cm³/mol. The molecule has 0 spiro atoms.